The first-order chi connectivity index (χ1) is 6.70. The lowest BCUT2D eigenvalue weighted by Crippen LogP contribution is -2.12. The van der Waals surface area contributed by atoms with E-state index < -0.39 is 4.33 Å². The van der Waals surface area contributed by atoms with E-state index in [4.69, 9.17) is 27.9 Å². The molecule has 0 N–H and O–H groups in total. The van der Waals surface area contributed by atoms with E-state index in [2.05, 4.69) is 13.8 Å². The second-order valence-electron chi connectivity index (χ2n) is 4.93. The number of hydrogen-bond acceptors (Lipinski definition) is 2. The summed E-state index contributed by atoms with van der Waals surface area (Å²) in [6.07, 6.45) is 0.632. The minimum atomic E-state index is -0.761. The van der Waals surface area contributed by atoms with Crippen molar-refractivity contribution in [3.05, 3.63) is 0 Å². The number of esters is 1. The molecular weight excluding hydrogens is 235 g/mol. The summed E-state index contributed by atoms with van der Waals surface area (Å²) in [6, 6.07) is 0. The van der Waals surface area contributed by atoms with E-state index in [1.54, 1.807) is 6.92 Å². The molecular formula is C11H18Cl2O2. The lowest BCUT2D eigenvalue weighted by molar-refractivity contribution is -0.145. The van der Waals surface area contributed by atoms with Crippen molar-refractivity contribution in [1.82, 2.24) is 0 Å². The zero-order valence-corrected chi connectivity index (χ0v) is 11.2. The number of carbonyl (C=O) groups excluding carboxylic acids is 1. The van der Waals surface area contributed by atoms with Crippen molar-refractivity contribution < 1.29 is 9.53 Å². The second-order valence-corrected chi connectivity index (χ2v) is 6.79. The summed E-state index contributed by atoms with van der Waals surface area (Å²) in [7, 11) is 0. The minimum absolute atomic E-state index is 0.0305. The largest absolute Gasteiger partial charge is 0.466 e. The average Bonchev–Trinajstić information content (AvgIpc) is 2.50. The molecule has 1 aliphatic carbocycles. The minimum Gasteiger partial charge on any atom is -0.466 e. The fourth-order valence-corrected chi connectivity index (χ4v) is 2.54. The topological polar surface area (TPSA) is 26.3 Å². The summed E-state index contributed by atoms with van der Waals surface area (Å²) < 4.78 is 4.26. The molecule has 0 radical (unpaired) electrons. The highest BCUT2D eigenvalue weighted by atomic mass is 35.5. The van der Waals surface area contributed by atoms with Crippen molar-refractivity contribution in [3.63, 3.8) is 0 Å². The Morgan fingerprint density at radius 1 is 1.47 bits per heavy atom. The van der Waals surface area contributed by atoms with Crippen molar-refractivity contribution in [2.45, 2.75) is 38.4 Å². The SMILES string of the molecule is CCOC(=O)C1C(CC(C)(Cl)Cl)C1(C)C. The van der Waals surface area contributed by atoms with Crippen LogP contribution >= 0.6 is 23.2 Å². The van der Waals surface area contributed by atoms with Gasteiger partial charge in [-0.1, -0.05) is 13.8 Å². The Morgan fingerprint density at radius 2 is 2.00 bits per heavy atom. The summed E-state index contributed by atoms with van der Waals surface area (Å²) in [5, 5.41) is 0. The summed E-state index contributed by atoms with van der Waals surface area (Å²) in [6.45, 7) is 8.11. The molecule has 1 fully saturated rings. The lowest BCUT2D eigenvalue weighted by Gasteiger charge is -2.13. The fourth-order valence-electron chi connectivity index (χ4n) is 2.21. The standard InChI is InChI=1S/C11H18Cl2O2/c1-5-15-9(14)8-7(10(8,2)3)6-11(4,12)13/h7-8H,5-6H2,1-4H3. The van der Waals surface area contributed by atoms with Crippen LogP contribution in [0.1, 0.15) is 34.1 Å². The van der Waals surface area contributed by atoms with Gasteiger partial charge in [0.25, 0.3) is 0 Å². The maximum absolute atomic E-state index is 11.6. The highest BCUT2D eigenvalue weighted by Gasteiger charge is 2.63. The molecule has 0 spiro atoms. The van der Waals surface area contributed by atoms with E-state index in [0.717, 1.165) is 0 Å². The molecule has 2 nitrogen and oxygen atoms in total. The number of alkyl halides is 2. The molecule has 0 aromatic rings. The molecule has 88 valence electrons. The number of rotatable bonds is 4. The molecule has 0 aromatic heterocycles. The number of halogens is 2. The molecule has 1 aliphatic rings. The molecule has 2 atom stereocenters. The van der Waals surface area contributed by atoms with Crippen LogP contribution in [0, 0.1) is 17.3 Å². The van der Waals surface area contributed by atoms with Gasteiger partial charge in [-0.25, -0.2) is 0 Å². The van der Waals surface area contributed by atoms with Crippen LogP contribution in [0.3, 0.4) is 0 Å². The molecule has 0 aromatic carbocycles. The predicted molar refractivity (Wildman–Crippen MR) is 62.1 cm³/mol. The van der Waals surface area contributed by atoms with Crippen LogP contribution in [0.15, 0.2) is 0 Å². The van der Waals surface area contributed by atoms with Gasteiger partial charge in [0.15, 0.2) is 0 Å². The zero-order valence-electron chi connectivity index (χ0n) is 9.64. The molecule has 0 amide bonds. The number of carbonyl (C=O) groups is 1. The molecule has 15 heavy (non-hydrogen) atoms. The Kier molecular flexibility index (Phi) is 3.62. The van der Waals surface area contributed by atoms with Gasteiger partial charge in [-0.3, -0.25) is 4.79 Å². The first-order valence-corrected chi connectivity index (χ1v) is 6.00. The predicted octanol–water partition coefficient (Wildman–Crippen LogP) is 3.41. The van der Waals surface area contributed by atoms with Gasteiger partial charge in [0.2, 0.25) is 0 Å². The second kappa shape index (κ2) is 4.14. The van der Waals surface area contributed by atoms with E-state index in [9.17, 15) is 4.79 Å². The molecule has 4 heteroatoms. The molecule has 1 rings (SSSR count). The molecule has 0 bridgehead atoms. The highest BCUT2D eigenvalue weighted by Crippen LogP contribution is 2.62. The fraction of sp³-hybridized carbons (Fsp3) is 0.909. The third-order valence-corrected chi connectivity index (χ3v) is 3.48. The average molecular weight is 253 g/mol. The van der Waals surface area contributed by atoms with Gasteiger partial charge in [-0.05, 0) is 31.6 Å². The van der Waals surface area contributed by atoms with Crippen LogP contribution in [0.5, 0.6) is 0 Å². The maximum Gasteiger partial charge on any atom is 0.309 e. The van der Waals surface area contributed by atoms with Crippen LogP contribution in [-0.4, -0.2) is 16.9 Å². The molecule has 0 aliphatic heterocycles. The Bertz CT molecular complexity index is 256. The Labute approximate surface area is 101 Å². The highest BCUT2D eigenvalue weighted by molar-refractivity contribution is 6.48. The van der Waals surface area contributed by atoms with Crippen molar-refractivity contribution in [3.8, 4) is 0 Å². The summed E-state index contributed by atoms with van der Waals surface area (Å²) in [4.78, 5) is 11.6. The van der Waals surface area contributed by atoms with Crippen molar-refractivity contribution >= 4 is 29.2 Å². The van der Waals surface area contributed by atoms with Gasteiger partial charge in [0.1, 0.15) is 4.33 Å². The van der Waals surface area contributed by atoms with E-state index >= 15 is 0 Å². The lowest BCUT2D eigenvalue weighted by atomic mass is 10.1. The van der Waals surface area contributed by atoms with Crippen LogP contribution in [0.25, 0.3) is 0 Å². The third kappa shape index (κ3) is 3.01. The molecule has 1 saturated carbocycles. The van der Waals surface area contributed by atoms with E-state index in [1.165, 1.54) is 0 Å². The number of ether oxygens (including phenoxy) is 1. The van der Waals surface area contributed by atoms with Crippen LogP contribution in [-0.2, 0) is 9.53 Å². The van der Waals surface area contributed by atoms with Crippen molar-refractivity contribution in [2.24, 2.45) is 17.3 Å². The van der Waals surface area contributed by atoms with Crippen molar-refractivity contribution in [2.75, 3.05) is 6.61 Å². The van der Waals surface area contributed by atoms with Gasteiger partial charge in [0.05, 0.1) is 12.5 Å². The maximum atomic E-state index is 11.6. The molecule has 0 saturated heterocycles. The summed E-state index contributed by atoms with van der Waals surface area (Å²) >= 11 is 11.9. The molecule has 2 unspecified atom stereocenters. The smallest absolute Gasteiger partial charge is 0.309 e. The monoisotopic (exact) mass is 252 g/mol. The van der Waals surface area contributed by atoms with Crippen LogP contribution in [0.2, 0.25) is 0 Å². The van der Waals surface area contributed by atoms with Crippen LogP contribution in [0.4, 0.5) is 0 Å². The third-order valence-electron chi connectivity index (χ3n) is 3.17. The Hall–Kier alpha value is 0.0500. The van der Waals surface area contributed by atoms with Crippen LogP contribution < -0.4 is 0 Å². The first-order valence-electron chi connectivity index (χ1n) is 5.24. The van der Waals surface area contributed by atoms with Gasteiger partial charge in [-0.2, -0.15) is 0 Å². The molecule has 0 heterocycles. The zero-order chi connectivity index (χ0) is 11.9. The Balaban J connectivity index is 2.59. The van der Waals surface area contributed by atoms with E-state index in [-0.39, 0.29) is 23.2 Å². The first kappa shape index (κ1) is 13.1. The summed E-state index contributed by atoms with van der Waals surface area (Å²) in [5.74, 6) is 0.0657. The van der Waals surface area contributed by atoms with Gasteiger partial charge in [-0.15, -0.1) is 23.2 Å². The normalized spacial score (nSPS) is 28.7. The quantitative estimate of drug-likeness (QED) is 0.567. The van der Waals surface area contributed by atoms with Gasteiger partial charge < -0.3 is 4.74 Å². The van der Waals surface area contributed by atoms with Gasteiger partial charge >= 0.3 is 5.97 Å². The summed E-state index contributed by atoms with van der Waals surface area (Å²) in [5.41, 5.74) is -0.0305. The Morgan fingerprint density at radius 3 is 2.40 bits per heavy atom. The number of hydrogen-bond donors (Lipinski definition) is 0. The van der Waals surface area contributed by atoms with E-state index in [1.807, 2.05) is 6.92 Å². The van der Waals surface area contributed by atoms with Crippen molar-refractivity contribution in [1.29, 1.82) is 0 Å². The van der Waals surface area contributed by atoms with Gasteiger partial charge in [0, 0.05) is 0 Å². The van der Waals surface area contributed by atoms with E-state index in [0.29, 0.717) is 13.0 Å².